The Bertz CT molecular complexity index is 350. The van der Waals surface area contributed by atoms with Crippen molar-refractivity contribution in [1.29, 1.82) is 0 Å². The average Bonchev–Trinajstić information content (AvgIpc) is 2.15. The molecule has 0 fully saturated rings. The molecule has 0 aliphatic heterocycles. The lowest BCUT2D eigenvalue weighted by Gasteiger charge is -2.08. The van der Waals surface area contributed by atoms with Crippen LogP contribution in [0.5, 0.6) is 5.75 Å². The summed E-state index contributed by atoms with van der Waals surface area (Å²) in [4.78, 5) is 0.487. The standard InChI is InChI=1S/C8H8N2OS3/c11-6-3-1-5(2-4-6)7(12)9-10-8(13)14/h1-4,11H,(H,9,12)(H2,10,13,14). The number of benzene rings is 1. The average molecular weight is 244 g/mol. The van der Waals surface area contributed by atoms with Gasteiger partial charge in [0.1, 0.15) is 15.1 Å². The lowest BCUT2D eigenvalue weighted by atomic mass is 10.2. The lowest BCUT2D eigenvalue weighted by Crippen LogP contribution is -2.38. The second kappa shape index (κ2) is 5.14. The van der Waals surface area contributed by atoms with E-state index in [4.69, 9.17) is 17.3 Å². The smallest absolute Gasteiger partial charge is 0.149 e. The van der Waals surface area contributed by atoms with Gasteiger partial charge >= 0.3 is 0 Å². The van der Waals surface area contributed by atoms with Crippen molar-refractivity contribution in [2.45, 2.75) is 0 Å². The zero-order valence-corrected chi connectivity index (χ0v) is 9.55. The first-order chi connectivity index (χ1) is 6.59. The molecular formula is C8H8N2OS3. The van der Waals surface area contributed by atoms with Crippen LogP contribution in [0.1, 0.15) is 5.56 Å². The third-order valence-electron chi connectivity index (χ3n) is 1.41. The molecule has 3 N–H and O–H groups in total. The lowest BCUT2D eigenvalue weighted by molar-refractivity contribution is 0.475. The van der Waals surface area contributed by atoms with Gasteiger partial charge in [0.2, 0.25) is 0 Å². The summed E-state index contributed by atoms with van der Waals surface area (Å²) in [5.74, 6) is 0.203. The van der Waals surface area contributed by atoms with E-state index in [9.17, 15) is 0 Å². The Morgan fingerprint density at radius 1 is 1.14 bits per heavy atom. The molecule has 14 heavy (non-hydrogen) atoms. The van der Waals surface area contributed by atoms with Gasteiger partial charge < -0.3 is 5.11 Å². The van der Waals surface area contributed by atoms with Crippen LogP contribution in [-0.2, 0) is 0 Å². The number of hydrogen-bond donors (Lipinski definition) is 4. The maximum Gasteiger partial charge on any atom is 0.149 e. The van der Waals surface area contributed by atoms with E-state index >= 15 is 0 Å². The van der Waals surface area contributed by atoms with Gasteiger partial charge in [0, 0.05) is 5.56 Å². The highest BCUT2D eigenvalue weighted by Crippen LogP contribution is 2.09. The summed E-state index contributed by atoms with van der Waals surface area (Å²) >= 11 is 13.6. The van der Waals surface area contributed by atoms with E-state index < -0.39 is 0 Å². The number of thiocarbonyl (C=S) groups is 2. The van der Waals surface area contributed by atoms with Gasteiger partial charge in [-0.2, -0.15) is 0 Å². The molecule has 74 valence electrons. The van der Waals surface area contributed by atoms with E-state index in [1.165, 1.54) is 0 Å². The van der Waals surface area contributed by atoms with Gasteiger partial charge in [-0.25, -0.2) is 0 Å². The number of hydrogen-bond acceptors (Lipinski definition) is 3. The molecule has 1 aromatic carbocycles. The van der Waals surface area contributed by atoms with E-state index in [1.54, 1.807) is 24.3 Å². The van der Waals surface area contributed by atoms with E-state index in [0.29, 0.717) is 9.31 Å². The summed E-state index contributed by atoms with van der Waals surface area (Å²) in [6, 6.07) is 6.52. The van der Waals surface area contributed by atoms with Gasteiger partial charge in [-0.05, 0) is 24.3 Å². The van der Waals surface area contributed by atoms with Crippen LogP contribution < -0.4 is 10.9 Å². The van der Waals surface area contributed by atoms with Gasteiger partial charge in [-0.1, -0.05) is 24.4 Å². The van der Waals surface area contributed by atoms with Crippen LogP contribution in [-0.4, -0.2) is 14.4 Å². The summed E-state index contributed by atoms with van der Waals surface area (Å²) in [5.41, 5.74) is 6.09. The van der Waals surface area contributed by atoms with Crippen LogP contribution in [0.2, 0.25) is 0 Å². The molecule has 0 unspecified atom stereocenters. The van der Waals surface area contributed by atoms with Crippen LogP contribution in [0.3, 0.4) is 0 Å². The number of nitrogens with one attached hydrogen (secondary N) is 2. The molecular weight excluding hydrogens is 236 g/mol. The quantitative estimate of drug-likeness (QED) is 0.341. The molecule has 0 aliphatic carbocycles. The highest BCUT2D eigenvalue weighted by atomic mass is 32.1. The molecule has 0 aliphatic rings. The fourth-order valence-electron chi connectivity index (χ4n) is 0.795. The number of aromatic hydroxyl groups is 1. The third kappa shape index (κ3) is 3.49. The molecule has 0 atom stereocenters. The zero-order chi connectivity index (χ0) is 10.6. The van der Waals surface area contributed by atoms with E-state index in [2.05, 4.69) is 35.7 Å². The van der Waals surface area contributed by atoms with Crippen molar-refractivity contribution in [2.75, 3.05) is 0 Å². The molecule has 0 saturated carbocycles. The Hall–Kier alpha value is -0.850. The predicted octanol–water partition coefficient (Wildman–Crippen LogP) is 1.38. The van der Waals surface area contributed by atoms with E-state index in [1.807, 2.05) is 0 Å². The number of phenolic OH excluding ortho intramolecular Hbond substituents is 1. The largest absolute Gasteiger partial charge is 0.508 e. The van der Waals surface area contributed by atoms with Gasteiger partial charge in [-0.15, -0.1) is 12.6 Å². The van der Waals surface area contributed by atoms with Crippen molar-refractivity contribution in [3.8, 4) is 5.75 Å². The Morgan fingerprint density at radius 3 is 2.21 bits per heavy atom. The summed E-state index contributed by atoms with van der Waals surface area (Å²) in [6.45, 7) is 0. The number of phenols is 1. The third-order valence-corrected chi connectivity index (χ3v) is 1.96. The zero-order valence-electron chi connectivity index (χ0n) is 7.02. The Balaban J connectivity index is 2.61. The first-order valence-corrected chi connectivity index (χ1v) is 4.94. The van der Waals surface area contributed by atoms with Gasteiger partial charge in [0.25, 0.3) is 0 Å². The SMILES string of the molecule is Oc1ccc(C(=S)NNC(=S)S)cc1. The molecule has 0 radical (unpaired) electrons. The summed E-state index contributed by atoms with van der Waals surface area (Å²) < 4.78 is 0.311. The van der Waals surface area contributed by atoms with Crippen LogP contribution in [0.15, 0.2) is 24.3 Å². The van der Waals surface area contributed by atoms with Crippen LogP contribution >= 0.6 is 37.1 Å². The molecule has 0 amide bonds. The van der Waals surface area contributed by atoms with Crippen molar-refractivity contribution in [3.05, 3.63) is 29.8 Å². The van der Waals surface area contributed by atoms with Crippen molar-refractivity contribution < 1.29 is 5.11 Å². The second-order valence-corrected chi connectivity index (χ2v) is 4.00. The van der Waals surface area contributed by atoms with Crippen LogP contribution in [0, 0.1) is 0 Å². The molecule has 3 nitrogen and oxygen atoms in total. The predicted molar refractivity (Wildman–Crippen MR) is 67.7 cm³/mol. The van der Waals surface area contributed by atoms with Gasteiger partial charge in [-0.3, -0.25) is 10.9 Å². The fraction of sp³-hybridized carbons (Fsp3) is 0. The number of hydrazine groups is 1. The summed E-state index contributed by atoms with van der Waals surface area (Å²) in [7, 11) is 0. The monoisotopic (exact) mass is 244 g/mol. The van der Waals surface area contributed by atoms with Crippen molar-refractivity contribution in [3.63, 3.8) is 0 Å². The maximum absolute atomic E-state index is 9.04. The highest BCUT2D eigenvalue weighted by molar-refractivity contribution is 8.11. The molecule has 1 rings (SSSR count). The number of thiol groups is 1. The van der Waals surface area contributed by atoms with E-state index in [-0.39, 0.29) is 5.75 Å². The molecule has 0 aromatic heterocycles. The highest BCUT2D eigenvalue weighted by Gasteiger charge is 1.99. The second-order valence-electron chi connectivity index (χ2n) is 2.43. The Morgan fingerprint density at radius 2 is 1.71 bits per heavy atom. The molecule has 0 spiro atoms. The molecule has 6 heteroatoms. The minimum atomic E-state index is 0.203. The van der Waals surface area contributed by atoms with Crippen LogP contribution in [0.25, 0.3) is 0 Å². The normalized spacial score (nSPS) is 9.21. The van der Waals surface area contributed by atoms with Gasteiger partial charge in [0.15, 0.2) is 0 Å². The van der Waals surface area contributed by atoms with Gasteiger partial charge in [0.05, 0.1) is 0 Å². The Kier molecular flexibility index (Phi) is 4.12. The molecule has 0 saturated heterocycles. The topological polar surface area (TPSA) is 44.3 Å². The van der Waals surface area contributed by atoms with Crippen LogP contribution in [0.4, 0.5) is 0 Å². The minimum Gasteiger partial charge on any atom is -0.508 e. The number of rotatable bonds is 1. The Labute approximate surface area is 97.9 Å². The van der Waals surface area contributed by atoms with Crippen molar-refractivity contribution >= 4 is 46.4 Å². The molecule has 0 heterocycles. The summed E-state index contributed by atoms with van der Waals surface area (Å²) in [6.07, 6.45) is 0. The fourth-order valence-corrected chi connectivity index (χ4v) is 1.09. The molecule has 1 aromatic rings. The summed E-state index contributed by atoms with van der Waals surface area (Å²) in [5, 5.41) is 9.04. The van der Waals surface area contributed by atoms with Crippen molar-refractivity contribution in [1.82, 2.24) is 10.9 Å². The minimum absolute atomic E-state index is 0.203. The first kappa shape index (κ1) is 11.2. The maximum atomic E-state index is 9.04. The molecule has 0 bridgehead atoms. The van der Waals surface area contributed by atoms with E-state index in [0.717, 1.165) is 5.56 Å². The van der Waals surface area contributed by atoms with Crippen molar-refractivity contribution in [2.24, 2.45) is 0 Å². The first-order valence-electron chi connectivity index (χ1n) is 3.68.